The second kappa shape index (κ2) is 10.5. The number of hydrogen-bond acceptors (Lipinski definition) is 8. The lowest BCUT2D eigenvalue weighted by atomic mass is 9.66. The summed E-state index contributed by atoms with van der Waals surface area (Å²) in [5.74, 6) is -3.75. The maximum Gasteiger partial charge on any atom is 0.407 e. The summed E-state index contributed by atoms with van der Waals surface area (Å²) in [6, 6.07) is 4.97. The first-order valence-electron chi connectivity index (χ1n) is 12.6. The molecule has 0 bridgehead atoms. The number of fused-ring (bicyclic) bond motifs is 1. The number of Topliss-reactive ketones (excluding diaryl/α,β-unsaturated/α-hetero) is 1. The molecule has 3 amide bonds. The lowest BCUT2D eigenvalue weighted by Crippen LogP contribution is -2.63. The number of carbonyl (C=O) groups excluding carboxylic acids is 4. The Kier molecular flexibility index (Phi) is 7.99. The van der Waals surface area contributed by atoms with Crippen LogP contribution in [-0.4, -0.2) is 53.1 Å². The monoisotopic (exact) mass is 526 g/mol. The average Bonchev–Trinajstić information content (AvgIpc) is 3.47. The van der Waals surface area contributed by atoms with Crippen LogP contribution in [0.25, 0.3) is 0 Å². The Morgan fingerprint density at radius 3 is 2.24 bits per heavy atom. The molecular formula is C27H36N5O6. The van der Waals surface area contributed by atoms with Crippen LogP contribution in [0.2, 0.25) is 0 Å². The van der Waals surface area contributed by atoms with Crippen molar-refractivity contribution in [2.24, 2.45) is 17.3 Å². The van der Waals surface area contributed by atoms with Gasteiger partial charge in [-0.3, -0.25) is 20.1 Å². The zero-order valence-corrected chi connectivity index (χ0v) is 23.1. The number of anilines is 1. The van der Waals surface area contributed by atoms with Gasteiger partial charge in [0.15, 0.2) is 0 Å². The quantitative estimate of drug-likeness (QED) is 0.405. The molecule has 3 atom stereocenters. The molecule has 205 valence electrons. The summed E-state index contributed by atoms with van der Waals surface area (Å²) in [6.45, 7) is 12.4. The van der Waals surface area contributed by atoms with Crippen molar-refractivity contribution in [3.63, 3.8) is 0 Å². The number of nitrogens with one attached hydrogen (secondary N) is 2. The van der Waals surface area contributed by atoms with Gasteiger partial charge in [0.25, 0.3) is 11.8 Å². The number of ether oxygens (including phenoxy) is 1. The van der Waals surface area contributed by atoms with Crippen molar-refractivity contribution in [2.75, 3.05) is 12.0 Å². The van der Waals surface area contributed by atoms with Crippen molar-refractivity contribution in [3.05, 3.63) is 41.6 Å². The molecule has 0 fully saturated rings. The number of nitrogens with zero attached hydrogens (tertiary/aromatic N) is 3. The van der Waals surface area contributed by atoms with Gasteiger partial charge in [0, 0.05) is 11.1 Å². The molecule has 1 aliphatic heterocycles. The van der Waals surface area contributed by atoms with Gasteiger partial charge in [0.05, 0.1) is 13.2 Å². The Labute approximate surface area is 222 Å². The van der Waals surface area contributed by atoms with Gasteiger partial charge in [-0.1, -0.05) is 66.7 Å². The Balaban J connectivity index is 2.22. The zero-order valence-electron chi connectivity index (χ0n) is 23.1. The third kappa shape index (κ3) is 4.89. The predicted octanol–water partition coefficient (Wildman–Crippen LogP) is 3.34. The number of carbonyl (C=O) groups is 4. The van der Waals surface area contributed by atoms with Gasteiger partial charge in [-0.25, -0.2) is 4.79 Å². The second-order valence-electron chi connectivity index (χ2n) is 11.3. The maximum absolute atomic E-state index is 14.2. The van der Waals surface area contributed by atoms with E-state index in [4.69, 9.17) is 14.9 Å². The number of aromatic nitrogens is 2. The third-order valence-electron chi connectivity index (χ3n) is 7.05. The van der Waals surface area contributed by atoms with Gasteiger partial charge in [-0.15, -0.1) is 10.2 Å². The molecular weight excluding hydrogens is 490 g/mol. The fraction of sp³-hybridized carbons (Fsp3) is 0.556. The first-order chi connectivity index (χ1) is 17.7. The predicted molar refractivity (Wildman–Crippen MR) is 138 cm³/mol. The van der Waals surface area contributed by atoms with Crippen molar-refractivity contribution in [1.82, 2.24) is 21.2 Å². The van der Waals surface area contributed by atoms with Crippen LogP contribution in [0, 0.1) is 17.3 Å². The van der Waals surface area contributed by atoms with Crippen LogP contribution < -0.4 is 16.0 Å². The molecule has 1 radical (unpaired) electrons. The van der Waals surface area contributed by atoms with E-state index in [0.29, 0.717) is 5.69 Å². The Morgan fingerprint density at radius 2 is 1.74 bits per heavy atom. The molecule has 0 saturated heterocycles. The summed E-state index contributed by atoms with van der Waals surface area (Å²) in [4.78, 5) is 55.0. The lowest BCUT2D eigenvalue weighted by molar-refractivity contribution is -0.130. The summed E-state index contributed by atoms with van der Waals surface area (Å²) in [5.41, 5.74) is 7.04. The second-order valence-corrected chi connectivity index (χ2v) is 11.3. The summed E-state index contributed by atoms with van der Waals surface area (Å²) in [6.07, 6.45) is -0.649. The highest BCUT2D eigenvalue weighted by Gasteiger charge is 2.61. The van der Waals surface area contributed by atoms with E-state index in [2.05, 4.69) is 15.5 Å². The number of ketones is 1. The number of alkyl carbamates (subject to hydrolysis) is 1. The van der Waals surface area contributed by atoms with Gasteiger partial charge in [-0.05, 0) is 29.9 Å². The van der Waals surface area contributed by atoms with Crippen molar-refractivity contribution >= 4 is 29.4 Å². The van der Waals surface area contributed by atoms with Crippen molar-refractivity contribution < 1.29 is 28.3 Å². The molecule has 0 unspecified atom stereocenters. The van der Waals surface area contributed by atoms with E-state index < -0.39 is 52.5 Å². The number of benzene rings is 1. The normalized spacial score (nSPS) is 17.6. The molecule has 1 aromatic carbocycles. The lowest BCUT2D eigenvalue weighted by Gasteiger charge is -2.42. The van der Waals surface area contributed by atoms with Crippen LogP contribution in [0.3, 0.4) is 0 Å². The molecule has 2 heterocycles. The molecule has 2 aromatic rings. The van der Waals surface area contributed by atoms with Gasteiger partial charge in [0.1, 0.15) is 11.5 Å². The molecule has 11 heteroatoms. The first-order valence-corrected chi connectivity index (χ1v) is 12.6. The van der Waals surface area contributed by atoms with Gasteiger partial charge in [-0.2, -0.15) is 0 Å². The SMILES string of the molecule is COC(=O)N[C@H](C(=O)N1c2ccccc2C[C@H]1[C@](C([NH])=O)(C(=O)c1nnc(C(C)(C)C)o1)C(C)C)C(C)C. The molecule has 1 aliphatic rings. The van der Waals surface area contributed by atoms with Gasteiger partial charge in [0.2, 0.25) is 17.6 Å². The zero-order chi connectivity index (χ0) is 28.6. The Hall–Kier alpha value is -3.76. The first kappa shape index (κ1) is 28.8. The van der Waals surface area contributed by atoms with Crippen molar-refractivity contribution in [3.8, 4) is 0 Å². The fourth-order valence-electron chi connectivity index (χ4n) is 4.98. The highest BCUT2D eigenvalue weighted by molar-refractivity contribution is 6.14. The minimum atomic E-state index is -2.02. The summed E-state index contributed by atoms with van der Waals surface area (Å²) in [7, 11) is 1.20. The fourth-order valence-corrected chi connectivity index (χ4v) is 4.98. The van der Waals surface area contributed by atoms with E-state index in [1.54, 1.807) is 45.9 Å². The highest BCUT2D eigenvalue weighted by atomic mass is 16.5. The smallest absolute Gasteiger partial charge is 0.407 e. The average molecular weight is 527 g/mol. The molecule has 0 aliphatic carbocycles. The largest absolute Gasteiger partial charge is 0.453 e. The van der Waals surface area contributed by atoms with Gasteiger partial charge < -0.3 is 19.4 Å². The van der Waals surface area contributed by atoms with Crippen LogP contribution in [0.1, 0.15) is 70.6 Å². The molecule has 1 aromatic heterocycles. The van der Waals surface area contributed by atoms with Crippen molar-refractivity contribution in [1.29, 1.82) is 0 Å². The number of para-hydroxylation sites is 1. The number of methoxy groups -OCH3 is 1. The van der Waals surface area contributed by atoms with Crippen LogP contribution in [0.5, 0.6) is 0 Å². The van der Waals surface area contributed by atoms with E-state index in [9.17, 15) is 19.2 Å². The minimum absolute atomic E-state index is 0.139. The van der Waals surface area contributed by atoms with Crippen LogP contribution in [0.15, 0.2) is 28.7 Å². The van der Waals surface area contributed by atoms with Gasteiger partial charge >= 0.3 is 6.09 Å². The van der Waals surface area contributed by atoms with E-state index in [1.165, 1.54) is 12.0 Å². The van der Waals surface area contributed by atoms with Crippen LogP contribution in [0.4, 0.5) is 10.5 Å². The molecule has 2 N–H and O–H groups in total. The number of amides is 3. The topological polar surface area (TPSA) is 155 Å². The summed E-state index contributed by atoms with van der Waals surface area (Å²) in [5, 5.41) is 10.5. The highest BCUT2D eigenvalue weighted by Crippen LogP contribution is 2.46. The van der Waals surface area contributed by atoms with Crippen LogP contribution in [-0.2, 0) is 26.2 Å². The maximum atomic E-state index is 14.2. The standard InChI is InChI=1S/C27H36N5O6/c1-14(2)19(29-25(36)37-8)22(34)32-17-12-10-9-11-16(17)13-18(32)27(15(3)4,23(28)35)20(33)21-30-31-24(38-21)26(5,6)7/h9-12,14-15,18-19,28H,13H2,1-8H3,(H,29,36)/t18-,19-,27-/m0/s1. The molecule has 11 nitrogen and oxygen atoms in total. The number of hydrogen-bond donors (Lipinski definition) is 1. The molecule has 0 spiro atoms. The Morgan fingerprint density at radius 1 is 1.11 bits per heavy atom. The third-order valence-corrected chi connectivity index (χ3v) is 7.05. The van der Waals surface area contributed by atoms with E-state index in [1.807, 2.05) is 26.8 Å². The van der Waals surface area contributed by atoms with E-state index in [0.717, 1.165) is 5.56 Å². The van der Waals surface area contributed by atoms with Crippen molar-refractivity contribution in [2.45, 2.75) is 72.4 Å². The number of rotatable bonds is 8. The Bertz CT molecular complexity index is 1230. The minimum Gasteiger partial charge on any atom is -0.453 e. The molecule has 3 rings (SSSR count). The summed E-state index contributed by atoms with van der Waals surface area (Å²) < 4.78 is 10.4. The molecule has 0 saturated carbocycles. The van der Waals surface area contributed by atoms with E-state index >= 15 is 0 Å². The molecule has 38 heavy (non-hydrogen) atoms. The van der Waals surface area contributed by atoms with Crippen LogP contribution >= 0.6 is 0 Å². The van der Waals surface area contributed by atoms with E-state index in [-0.39, 0.29) is 24.1 Å². The summed E-state index contributed by atoms with van der Waals surface area (Å²) >= 11 is 0.